The predicted octanol–water partition coefficient (Wildman–Crippen LogP) is 4.01. The molecule has 1 aliphatic rings. The Bertz CT molecular complexity index is 1110. The number of aromatic amines is 1. The van der Waals surface area contributed by atoms with Crippen molar-refractivity contribution in [3.8, 4) is 17.0 Å². The number of hydrogen-bond donors (Lipinski definition) is 3. The first-order valence-corrected chi connectivity index (χ1v) is 10.4. The highest BCUT2D eigenvalue weighted by Gasteiger charge is 2.30. The van der Waals surface area contributed by atoms with E-state index in [9.17, 15) is 4.79 Å². The third-order valence-corrected chi connectivity index (χ3v) is 5.30. The average molecular weight is 434 g/mol. The molecule has 2 aromatic heterocycles. The maximum atomic E-state index is 12.3. The predicted molar refractivity (Wildman–Crippen MR) is 125 cm³/mol. The number of methoxy groups -OCH3 is 1. The van der Waals surface area contributed by atoms with Crippen LogP contribution in [0.2, 0.25) is 0 Å². The summed E-state index contributed by atoms with van der Waals surface area (Å²) in [7, 11) is 3.27. The zero-order valence-electron chi connectivity index (χ0n) is 18.3. The lowest BCUT2D eigenvalue weighted by molar-refractivity contribution is 0.146. The fourth-order valence-corrected chi connectivity index (χ4v) is 3.85. The van der Waals surface area contributed by atoms with E-state index in [0.717, 1.165) is 39.5 Å². The van der Waals surface area contributed by atoms with E-state index in [1.54, 1.807) is 31.5 Å². The van der Waals surface area contributed by atoms with Gasteiger partial charge < -0.3 is 30.0 Å². The third kappa shape index (κ3) is 4.31. The van der Waals surface area contributed by atoms with Gasteiger partial charge in [0.05, 0.1) is 30.7 Å². The Morgan fingerprint density at radius 1 is 1.22 bits per heavy atom. The molecule has 0 saturated carbocycles. The molecule has 0 saturated heterocycles. The molecule has 0 atom stereocenters. The third-order valence-electron chi connectivity index (χ3n) is 5.30. The van der Waals surface area contributed by atoms with Gasteiger partial charge in [0, 0.05) is 49.4 Å². The molecule has 0 spiro atoms. The average Bonchev–Trinajstić information content (AvgIpc) is 3.18. The number of benzene rings is 1. The van der Waals surface area contributed by atoms with Gasteiger partial charge in [0.25, 0.3) is 0 Å². The van der Waals surface area contributed by atoms with E-state index in [2.05, 4.69) is 27.2 Å². The number of amides is 2. The summed E-state index contributed by atoms with van der Waals surface area (Å²) >= 11 is 0. The second kappa shape index (κ2) is 9.57. The molecule has 8 nitrogen and oxygen atoms in total. The van der Waals surface area contributed by atoms with Crippen LogP contribution in [0.5, 0.6) is 5.75 Å². The Kier molecular flexibility index (Phi) is 6.42. The number of para-hydroxylation sites is 1. The number of aromatic nitrogens is 2. The molecule has 4 rings (SSSR count). The van der Waals surface area contributed by atoms with Gasteiger partial charge in [0.15, 0.2) is 0 Å². The van der Waals surface area contributed by atoms with Crippen LogP contribution in [0.15, 0.2) is 55.4 Å². The highest BCUT2D eigenvalue weighted by molar-refractivity contribution is 5.94. The molecule has 0 radical (unpaired) electrons. The number of urea groups is 1. The number of rotatable bonds is 7. The standard InChI is InChI=1S/C24H27N5O3/c1-16-14-29(24(30)25-2)15-19-21(16)23(27-17-7-5-4-6-8-17)22(28-19)18-9-10-26-13-20(18)32-12-11-31-3/h4-10,13,27-28H,1,11-12,14-15H2,2-3H3,(H,25,30). The molecular weight excluding hydrogens is 406 g/mol. The van der Waals surface area contributed by atoms with Crippen molar-refractivity contribution in [2.24, 2.45) is 0 Å². The van der Waals surface area contributed by atoms with Gasteiger partial charge in [-0.3, -0.25) is 4.98 Å². The molecule has 1 aliphatic heterocycles. The highest BCUT2D eigenvalue weighted by Crippen LogP contribution is 2.43. The zero-order chi connectivity index (χ0) is 22.5. The summed E-state index contributed by atoms with van der Waals surface area (Å²) in [6.45, 7) is 6.05. The number of fused-ring (bicyclic) bond motifs is 1. The number of anilines is 2. The lowest BCUT2D eigenvalue weighted by atomic mass is 9.99. The molecule has 32 heavy (non-hydrogen) atoms. The molecule has 8 heteroatoms. The molecule has 0 unspecified atom stereocenters. The van der Waals surface area contributed by atoms with E-state index >= 15 is 0 Å². The molecular formula is C24H27N5O3. The summed E-state index contributed by atoms with van der Waals surface area (Å²) < 4.78 is 11.1. The first-order valence-electron chi connectivity index (χ1n) is 10.4. The number of H-pyrrole nitrogens is 1. The van der Waals surface area contributed by atoms with Gasteiger partial charge in [0.2, 0.25) is 0 Å². The molecule has 3 N–H and O–H groups in total. The van der Waals surface area contributed by atoms with Crippen molar-refractivity contribution < 1.29 is 14.3 Å². The number of ether oxygens (including phenoxy) is 2. The number of nitrogens with zero attached hydrogens (tertiary/aromatic N) is 2. The van der Waals surface area contributed by atoms with Crippen LogP contribution in [0.3, 0.4) is 0 Å². The Balaban J connectivity index is 1.81. The van der Waals surface area contributed by atoms with Crippen LogP contribution in [-0.4, -0.2) is 54.8 Å². The van der Waals surface area contributed by atoms with Crippen molar-refractivity contribution in [1.29, 1.82) is 0 Å². The summed E-state index contributed by atoms with van der Waals surface area (Å²) in [4.78, 5) is 21.8. The van der Waals surface area contributed by atoms with Gasteiger partial charge in [-0.1, -0.05) is 24.8 Å². The molecule has 2 amide bonds. The summed E-state index contributed by atoms with van der Waals surface area (Å²) in [5.41, 5.74) is 6.33. The summed E-state index contributed by atoms with van der Waals surface area (Å²) in [5, 5.41) is 6.24. The lowest BCUT2D eigenvalue weighted by Crippen LogP contribution is -2.40. The first-order chi connectivity index (χ1) is 15.6. The maximum absolute atomic E-state index is 12.3. The van der Waals surface area contributed by atoms with Crippen molar-refractivity contribution >= 4 is 23.0 Å². The Morgan fingerprint density at radius 3 is 2.78 bits per heavy atom. The number of hydrogen-bond acceptors (Lipinski definition) is 5. The van der Waals surface area contributed by atoms with Gasteiger partial charge in [0.1, 0.15) is 12.4 Å². The summed E-state index contributed by atoms with van der Waals surface area (Å²) in [5.74, 6) is 0.646. The largest absolute Gasteiger partial charge is 0.489 e. The van der Waals surface area contributed by atoms with E-state index in [4.69, 9.17) is 9.47 Å². The van der Waals surface area contributed by atoms with Gasteiger partial charge in [-0.05, 0) is 23.8 Å². The van der Waals surface area contributed by atoms with Crippen LogP contribution >= 0.6 is 0 Å². The Morgan fingerprint density at radius 2 is 2.03 bits per heavy atom. The molecule has 3 heterocycles. The number of pyridine rings is 1. The van der Waals surface area contributed by atoms with E-state index in [0.29, 0.717) is 32.1 Å². The number of carbonyl (C=O) groups excluding carboxylic acids is 1. The van der Waals surface area contributed by atoms with Crippen LogP contribution < -0.4 is 15.4 Å². The summed E-state index contributed by atoms with van der Waals surface area (Å²) in [6, 6.07) is 11.7. The topological polar surface area (TPSA) is 91.5 Å². The monoisotopic (exact) mass is 433 g/mol. The van der Waals surface area contributed by atoms with Gasteiger partial charge in [-0.2, -0.15) is 0 Å². The molecule has 0 bridgehead atoms. The highest BCUT2D eigenvalue weighted by atomic mass is 16.5. The van der Waals surface area contributed by atoms with Crippen LogP contribution in [-0.2, 0) is 11.3 Å². The van der Waals surface area contributed by atoms with Gasteiger partial charge in [-0.15, -0.1) is 0 Å². The molecule has 0 aliphatic carbocycles. The van der Waals surface area contributed by atoms with E-state index in [-0.39, 0.29) is 6.03 Å². The normalized spacial score (nSPS) is 12.9. The minimum absolute atomic E-state index is 0.141. The van der Waals surface area contributed by atoms with Crippen molar-refractivity contribution in [2.45, 2.75) is 6.54 Å². The van der Waals surface area contributed by atoms with Gasteiger partial charge >= 0.3 is 6.03 Å². The minimum Gasteiger partial charge on any atom is -0.489 e. The van der Waals surface area contributed by atoms with E-state index in [1.807, 2.05) is 36.4 Å². The maximum Gasteiger partial charge on any atom is 0.317 e. The second-order valence-corrected chi connectivity index (χ2v) is 7.45. The van der Waals surface area contributed by atoms with Crippen molar-refractivity contribution in [1.82, 2.24) is 20.2 Å². The van der Waals surface area contributed by atoms with Crippen molar-refractivity contribution in [2.75, 3.05) is 39.2 Å². The molecule has 166 valence electrons. The number of carbonyl (C=O) groups is 1. The van der Waals surface area contributed by atoms with Crippen LogP contribution in [0, 0.1) is 0 Å². The van der Waals surface area contributed by atoms with Gasteiger partial charge in [-0.25, -0.2) is 4.79 Å². The first kappa shape index (κ1) is 21.5. The van der Waals surface area contributed by atoms with E-state index < -0.39 is 0 Å². The Hall–Kier alpha value is -3.78. The van der Waals surface area contributed by atoms with E-state index in [1.165, 1.54) is 0 Å². The lowest BCUT2D eigenvalue weighted by Gasteiger charge is -2.28. The van der Waals surface area contributed by atoms with Crippen LogP contribution in [0.25, 0.3) is 16.8 Å². The van der Waals surface area contributed by atoms with Crippen molar-refractivity contribution in [3.05, 3.63) is 66.6 Å². The zero-order valence-corrected chi connectivity index (χ0v) is 18.3. The molecule has 1 aromatic carbocycles. The fraction of sp³-hybridized carbons (Fsp3) is 0.250. The molecule has 0 fully saturated rings. The quantitative estimate of drug-likeness (QED) is 0.490. The van der Waals surface area contributed by atoms with Crippen LogP contribution in [0.4, 0.5) is 16.2 Å². The molecule has 3 aromatic rings. The summed E-state index contributed by atoms with van der Waals surface area (Å²) in [6.07, 6.45) is 3.43. The van der Waals surface area contributed by atoms with Crippen LogP contribution in [0.1, 0.15) is 11.3 Å². The smallest absolute Gasteiger partial charge is 0.317 e. The minimum atomic E-state index is -0.141. The second-order valence-electron chi connectivity index (χ2n) is 7.45. The number of nitrogens with one attached hydrogen (secondary N) is 3. The fourth-order valence-electron chi connectivity index (χ4n) is 3.85. The SMILES string of the molecule is C=C1CN(C(=O)NC)Cc2[nH]c(-c3ccncc3OCCOC)c(Nc3ccccc3)c21. The van der Waals surface area contributed by atoms with Crippen molar-refractivity contribution in [3.63, 3.8) is 0 Å². The Labute approximate surface area is 187 Å².